The number of nitrogens with one attached hydrogen (secondary N) is 1. The number of benzene rings is 2. The zero-order valence-electron chi connectivity index (χ0n) is 23.6. The molecule has 0 radical (unpaired) electrons. The smallest absolute Gasteiger partial charge is 0.264 e. The Morgan fingerprint density at radius 3 is 2.73 bits per heavy atom. The van der Waals surface area contributed by atoms with Gasteiger partial charge in [0.25, 0.3) is 5.91 Å². The van der Waals surface area contributed by atoms with Gasteiger partial charge in [-0.1, -0.05) is 12.1 Å². The third-order valence-corrected chi connectivity index (χ3v) is 8.06. The van der Waals surface area contributed by atoms with Crippen molar-refractivity contribution in [1.29, 1.82) is 5.26 Å². The summed E-state index contributed by atoms with van der Waals surface area (Å²) < 4.78 is 50.2. The Morgan fingerprint density at radius 2 is 1.95 bits per heavy atom. The summed E-state index contributed by atoms with van der Waals surface area (Å²) in [7, 11) is 0. The zero-order chi connectivity index (χ0) is 30.8. The molecule has 2 fully saturated rings. The second-order valence-corrected chi connectivity index (χ2v) is 10.9. The standard InChI is InChI=1S/C31H29F3N8O2/c32-23-4-1-5-25(27(23)34)44-21-6-7-22(24(33)14-21)28-26-29(36)38-17-39-30(26)42(40-28)16-20-3-2-12-41(20)31(43)19(15-35)13-18-8-10-37-11-9-18/h1,4-7,13-14,17-18,20,37H,2-3,8-12,16H2,(H2,36,38,39). The van der Waals surface area contributed by atoms with E-state index in [2.05, 4.69) is 26.5 Å². The van der Waals surface area contributed by atoms with Gasteiger partial charge in [-0.3, -0.25) is 4.79 Å². The van der Waals surface area contributed by atoms with Crippen molar-refractivity contribution < 1.29 is 22.7 Å². The average Bonchev–Trinajstić information content (AvgIpc) is 3.64. The fourth-order valence-corrected chi connectivity index (χ4v) is 5.84. The van der Waals surface area contributed by atoms with E-state index in [4.69, 9.17) is 10.5 Å². The molecule has 2 aromatic carbocycles. The minimum atomic E-state index is -1.19. The summed E-state index contributed by atoms with van der Waals surface area (Å²) >= 11 is 0. The summed E-state index contributed by atoms with van der Waals surface area (Å²) in [6.45, 7) is 2.44. The molecule has 4 aromatic rings. The third-order valence-electron chi connectivity index (χ3n) is 8.06. The highest BCUT2D eigenvalue weighted by Gasteiger charge is 2.33. The van der Waals surface area contributed by atoms with Gasteiger partial charge in [-0.2, -0.15) is 14.8 Å². The normalized spacial score (nSPS) is 17.6. The first-order valence-corrected chi connectivity index (χ1v) is 14.4. The van der Waals surface area contributed by atoms with Crippen LogP contribution >= 0.6 is 0 Å². The van der Waals surface area contributed by atoms with E-state index >= 15 is 4.39 Å². The summed E-state index contributed by atoms with van der Waals surface area (Å²) in [5, 5.41) is 18.1. The van der Waals surface area contributed by atoms with E-state index in [1.807, 2.05) is 0 Å². The highest BCUT2D eigenvalue weighted by Crippen LogP contribution is 2.35. The molecule has 1 unspecified atom stereocenters. The minimum absolute atomic E-state index is 0.0466. The van der Waals surface area contributed by atoms with Gasteiger partial charge in [0.2, 0.25) is 5.82 Å². The summed E-state index contributed by atoms with van der Waals surface area (Å²) in [5.41, 5.74) is 6.96. The SMILES string of the molecule is N#CC(=CC1CCNCC1)C(=O)N1CCCC1Cn1nc(-c2ccc(Oc3cccc(F)c3F)cc2F)c2c(N)ncnc21. The van der Waals surface area contributed by atoms with Crippen LogP contribution in [0, 0.1) is 34.7 Å². The monoisotopic (exact) mass is 602 g/mol. The van der Waals surface area contributed by atoms with Crippen molar-refractivity contribution in [1.82, 2.24) is 30.0 Å². The fourth-order valence-electron chi connectivity index (χ4n) is 5.84. The number of carbonyl (C=O) groups excluding carboxylic acids is 1. The van der Waals surface area contributed by atoms with Crippen LogP contribution in [0.5, 0.6) is 11.5 Å². The highest BCUT2D eigenvalue weighted by atomic mass is 19.2. The third kappa shape index (κ3) is 5.68. The maximum atomic E-state index is 15.5. The molecule has 4 heterocycles. The number of halogens is 3. The van der Waals surface area contributed by atoms with E-state index in [1.54, 1.807) is 15.7 Å². The maximum absolute atomic E-state index is 15.5. The topological polar surface area (TPSA) is 135 Å². The average molecular weight is 603 g/mol. The number of piperidine rings is 1. The molecule has 2 aliphatic rings. The van der Waals surface area contributed by atoms with Crippen LogP contribution in [0.3, 0.4) is 0 Å². The summed E-state index contributed by atoms with van der Waals surface area (Å²) in [4.78, 5) is 23.6. The number of nitrogen functional groups attached to an aromatic ring is 1. The second-order valence-electron chi connectivity index (χ2n) is 10.9. The van der Waals surface area contributed by atoms with Crippen LogP contribution < -0.4 is 15.8 Å². The Bertz CT molecular complexity index is 1790. The fraction of sp³-hybridized carbons (Fsp3) is 0.323. The lowest BCUT2D eigenvalue weighted by molar-refractivity contribution is -0.127. The predicted molar refractivity (Wildman–Crippen MR) is 156 cm³/mol. The quantitative estimate of drug-likeness (QED) is 0.229. The van der Waals surface area contributed by atoms with Crippen molar-refractivity contribution in [2.45, 2.75) is 38.3 Å². The lowest BCUT2D eigenvalue weighted by Gasteiger charge is -2.25. The summed E-state index contributed by atoms with van der Waals surface area (Å²) in [6.07, 6.45) is 6.27. The molecule has 2 aromatic heterocycles. The van der Waals surface area contributed by atoms with E-state index in [9.17, 15) is 18.8 Å². The van der Waals surface area contributed by atoms with Gasteiger partial charge in [0, 0.05) is 18.2 Å². The van der Waals surface area contributed by atoms with Crippen LogP contribution in [0.25, 0.3) is 22.3 Å². The van der Waals surface area contributed by atoms with E-state index in [1.165, 1.54) is 30.6 Å². The Morgan fingerprint density at radius 1 is 1.14 bits per heavy atom. The predicted octanol–water partition coefficient (Wildman–Crippen LogP) is 4.73. The van der Waals surface area contributed by atoms with Gasteiger partial charge in [-0.25, -0.2) is 23.4 Å². The summed E-state index contributed by atoms with van der Waals surface area (Å²) in [5.74, 6) is -3.49. The Labute approximate surface area is 250 Å². The van der Waals surface area contributed by atoms with Crippen LogP contribution in [0.4, 0.5) is 19.0 Å². The van der Waals surface area contributed by atoms with E-state index < -0.39 is 17.5 Å². The molecule has 0 bridgehead atoms. The van der Waals surface area contributed by atoms with Crippen molar-refractivity contribution in [3.63, 3.8) is 0 Å². The van der Waals surface area contributed by atoms with Crippen molar-refractivity contribution >= 4 is 22.8 Å². The van der Waals surface area contributed by atoms with Gasteiger partial charge in [-0.15, -0.1) is 0 Å². The number of hydrogen-bond donors (Lipinski definition) is 2. The maximum Gasteiger partial charge on any atom is 0.264 e. The molecule has 2 saturated heterocycles. The van der Waals surface area contributed by atoms with Crippen LogP contribution in [-0.4, -0.2) is 56.2 Å². The zero-order valence-corrected chi connectivity index (χ0v) is 23.6. The molecule has 3 N–H and O–H groups in total. The van der Waals surface area contributed by atoms with Crippen LogP contribution in [0.1, 0.15) is 25.7 Å². The van der Waals surface area contributed by atoms with Crippen molar-refractivity contribution in [3.8, 4) is 28.8 Å². The van der Waals surface area contributed by atoms with Crippen molar-refractivity contribution in [2.24, 2.45) is 5.92 Å². The number of nitriles is 1. The molecule has 44 heavy (non-hydrogen) atoms. The van der Waals surface area contributed by atoms with Crippen molar-refractivity contribution in [3.05, 3.63) is 71.8 Å². The van der Waals surface area contributed by atoms with Crippen LogP contribution in [0.2, 0.25) is 0 Å². The molecule has 0 saturated carbocycles. The molecular weight excluding hydrogens is 573 g/mol. The molecule has 6 rings (SSSR count). The van der Waals surface area contributed by atoms with Gasteiger partial charge in [0.1, 0.15) is 41.0 Å². The first kappa shape index (κ1) is 29.1. The molecule has 13 heteroatoms. The molecule has 1 amide bonds. The van der Waals surface area contributed by atoms with Gasteiger partial charge in [0.15, 0.2) is 17.2 Å². The van der Waals surface area contributed by atoms with Crippen LogP contribution in [0.15, 0.2) is 54.4 Å². The summed E-state index contributed by atoms with van der Waals surface area (Å²) in [6, 6.07) is 9.14. The molecule has 2 aliphatic heterocycles. The Balaban J connectivity index is 1.29. The highest BCUT2D eigenvalue weighted by molar-refractivity contribution is 5.99. The van der Waals surface area contributed by atoms with E-state index in [0.29, 0.717) is 24.0 Å². The van der Waals surface area contributed by atoms with Gasteiger partial charge >= 0.3 is 0 Å². The lowest BCUT2D eigenvalue weighted by Crippen LogP contribution is -2.39. The number of anilines is 1. The number of aromatic nitrogens is 4. The number of nitrogens with zero attached hydrogens (tertiary/aromatic N) is 6. The van der Waals surface area contributed by atoms with E-state index in [-0.39, 0.29) is 58.6 Å². The molecule has 0 spiro atoms. The Kier molecular flexibility index (Phi) is 8.17. The first-order valence-electron chi connectivity index (χ1n) is 14.4. The lowest BCUT2D eigenvalue weighted by atomic mass is 9.95. The number of nitrogens with two attached hydrogens (primary N) is 1. The van der Waals surface area contributed by atoms with Crippen LogP contribution in [-0.2, 0) is 11.3 Å². The number of rotatable bonds is 7. The largest absolute Gasteiger partial charge is 0.454 e. The van der Waals surface area contributed by atoms with Crippen molar-refractivity contribution in [2.75, 3.05) is 25.4 Å². The first-order chi connectivity index (χ1) is 21.3. The number of ether oxygens (including phenoxy) is 1. The Hall–Kier alpha value is -4.96. The number of amides is 1. The molecule has 1 atom stereocenters. The van der Waals surface area contributed by atoms with Gasteiger partial charge in [-0.05, 0) is 69.0 Å². The number of allylic oxidation sites excluding steroid dienone is 1. The van der Waals surface area contributed by atoms with E-state index in [0.717, 1.165) is 44.5 Å². The minimum Gasteiger partial charge on any atom is -0.454 e. The number of fused-ring (bicyclic) bond motifs is 1. The number of carbonyl (C=O) groups is 1. The number of hydrogen-bond acceptors (Lipinski definition) is 8. The molecule has 226 valence electrons. The molecule has 10 nitrogen and oxygen atoms in total. The van der Waals surface area contributed by atoms with Gasteiger partial charge in [0.05, 0.1) is 18.0 Å². The molecular formula is C31H29F3N8O2. The van der Waals surface area contributed by atoms with Gasteiger partial charge < -0.3 is 20.7 Å². The molecule has 0 aliphatic carbocycles. The second kappa shape index (κ2) is 12.3. The number of likely N-dealkylation sites (tertiary alicyclic amines) is 1.